The Bertz CT molecular complexity index is 921. The number of unbranched alkanes of at least 4 members (excludes halogenated alkanes) is 2. The van der Waals surface area contributed by atoms with E-state index < -0.39 is 0 Å². The van der Waals surface area contributed by atoms with E-state index in [1.807, 2.05) is 13.0 Å². The van der Waals surface area contributed by atoms with E-state index in [1.54, 1.807) is 15.9 Å². The molecule has 0 radical (unpaired) electrons. The summed E-state index contributed by atoms with van der Waals surface area (Å²) >= 11 is 0. The zero-order valence-corrected chi connectivity index (χ0v) is 21.6. The smallest absolute Gasteiger partial charge is 0.258 e. The number of amides is 2. The number of allylic oxidation sites excluding steroid dienone is 4. The average Bonchev–Trinajstić information content (AvgIpc) is 2.78. The van der Waals surface area contributed by atoms with Crippen LogP contribution in [0.4, 0.5) is 0 Å². The maximum Gasteiger partial charge on any atom is 0.258 e. The van der Waals surface area contributed by atoms with Gasteiger partial charge in [-0.2, -0.15) is 0 Å². The van der Waals surface area contributed by atoms with Crippen LogP contribution in [0.25, 0.3) is 0 Å². The van der Waals surface area contributed by atoms with Crippen LogP contribution in [0.1, 0.15) is 88.2 Å². The number of rotatable bonds is 10. The summed E-state index contributed by atoms with van der Waals surface area (Å²) in [5.41, 5.74) is 3.85. The summed E-state index contributed by atoms with van der Waals surface area (Å²) < 4.78 is 0. The van der Waals surface area contributed by atoms with Gasteiger partial charge in [-0.1, -0.05) is 43.1 Å². The molecule has 1 aliphatic heterocycles. The number of carbonyl (C=O) groups is 2. The highest BCUT2D eigenvalue weighted by Gasteiger charge is 2.29. The van der Waals surface area contributed by atoms with Crippen LogP contribution < -0.4 is 0 Å². The molecule has 1 aromatic carbocycles. The molecule has 0 saturated carbocycles. The first-order valence-electron chi connectivity index (χ1n) is 12.6. The van der Waals surface area contributed by atoms with Gasteiger partial charge < -0.3 is 20.0 Å². The van der Waals surface area contributed by atoms with E-state index in [0.29, 0.717) is 55.7 Å². The first-order valence-corrected chi connectivity index (χ1v) is 12.6. The van der Waals surface area contributed by atoms with Crippen molar-refractivity contribution >= 4 is 11.8 Å². The Labute approximate surface area is 205 Å². The average molecular weight is 471 g/mol. The molecule has 6 nitrogen and oxygen atoms in total. The lowest BCUT2D eigenvalue weighted by Gasteiger charge is -2.34. The van der Waals surface area contributed by atoms with Crippen molar-refractivity contribution in [2.75, 3.05) is 26.2 Å². The summed E-state index contributed by atoms with van der Waals surface area (Å²) in [5.74, 6) is -0.291. The zero-order chi connectivity index (χ0) is 25.3. The second-order valence-electron chi connectivity index (χ2n) is 9.59. The molecule has 0 aliphatic carbocycles. The number of phenolic OH excluding ortho intramolecular Hbond substituents is 2. The van der Waals surface area contributed by atoms with Crippen LogP contribution in [-0.4, -0.2) is 58.0 Å². The fourth-order valence-electron chi connectivity index (χ4n) is 4.30. The Kier molecular flexibility index (Phi) is 10.7. The lowest BCUT2D eigenvalue weighted by molar-refractivity contribution is -0.130. The van der Waals surface area contributed by atoms with Crippen molar-refractivity contribution in [1.29, 1.82) is 0 Å². The van der Waals surface area contributed by atoms with Crippen molar-refractivity contribution in [3.63, 3.8) is 0 Å². The van der Waals surface area contributed by atoms with Gasteiger partial charge in [0.2, 0.25) is 5.91 Å². The Morgan fingerprint density at radius 1 is 0.971 bits per heavy atom. The van der Waals surface area contributed by atoms with Gasteiger partial charge in [-0.15, -0.1) is 0 Å². The highest BCUT2D eigenvalue weighted by atomic mass is 16.3. The van der Waals surface area contributed by atoms with Crippen LogP contribution >= 0.6 is 0 Å². The Hall–Kier alpha value is -2.76. The van der Waals surface area contributed by atoms with E-state index in [0.717, 1.165) is 32.1 Å². The third kappa shape index (κ3) is 7.64. The van der Waals surface area contributed by atoms with E-state index in [4.69, 9.17) is 0 Å². The minimum atomic E-state index is -0.224. The summed E-state index contributed by atoms with van der Waals surface area (Å²) in [7, 11) is 0. The van der Waals surface area contributed by atoms with Gasteiger partial charge in [0.25, 0.3) is 5.91 Å². The summed E-state index contributed by atoms with van der Waals surface area (Å²) in [6, 6.07) is 1.66. The van der Waals surface area contributed by atoms with Crippen LogP contribution in [-0.2, 0) is 17.6 Å². The fourth-order valence-corrected chi connectivity index (χ4v) is 4.30. The monoisotopic (exact) mass is 470 g/mol. The first-order chi connectivity index (χ1) is 16.1. The molecular weight excluding hydrogens is 428 g/mol. The van der Waals surface area contributed by atoms with Gasteiger partial charge >= 0.3 is 0 Å². The molecule has 0 aromatic heterocycles. The molecule has 0 spiro atoms. The summed E-state index contributed by atoms with van der Waals surface area (Å²) in [4.78, 5) is 28.6. The van der Waals surface area contributed by atoms with E-state index in [1.165, 1.54) is 18.1 Å². The number of carbonyl (C=O) groups excluding carboxylic acids is 2. The predicted octanol–water partition coefficient (Wildman–Crippen LogP) is 5.37. The molecule has 188 valence electrons. The van der Waals surface area contributed by atoms with Crippen molar-refractivity contribution in [2.24, 2.45) is 0 Å². The number of nitrogens with zero attached hydrogens (tertiary/aromatic N) is 2. The lowest BCUT2D eigenvalue weighted by atomic mass is 9.93. The summed E-state index contributed by atoms with van der Waals surface area (Å²) in [5, 5.41) is 21.9. The Morgan fingerprint density at radius 3 is 2.21 bits per heavy atom. The number of aromatic hydroxyl groups is 2. The van der Waals surface area contributed by atoms with Crippen LogP contribution in [0.15, 0.2) is 29.4 Å². The van der Waals surface area contributed by atoms with E-state index in [-0.39, 0.29) is 23.3 Å². The molecule has 0 bridgehead atoms. The van der Waals surface area contributed by atoms with Crippen LogP contribution in [0, 0.1) is 0 Å². The van der Waals surface area contributed by atoms with Gasteiger partial charge in [-0.25, -0.2) is 0 Å². The molecule has 34 heavy (non-hydrogen) atoms. The van der Waals surface area contributed by atoms with Crippen LogP contribution in [0.3, 0.4) is 0 Å². The molecule has 0 atom stereocenters. The normalized spacial score (nSPS) is 14.3. The Morgan fingerprint density at radius 2 is 1.62 bits per heavy atom. The number of aryl methyl sites for hydroxylation is 1. The van der Waals surface area contributed by atoms with Crippen molar-refractivity contribution in [3.05, 3.63) is 46.1 Å². The van der Waals surface area contributed by atoms with Crippen molar-refractivity contribution < 1.29 is 19.8 Å². The summed E-state index contributed by atoms with van der Waals surface area (Å²) in [6.45, 7) is 11.7. The van der Waals surface area contributed by atoms with E-state index in [2.05, 4.69) is 26.8 Å². The van der Waals surface area contributed by atoms with Crippen molar-refractivity contribution in [1.82, 2.24) is 9.80 Å². The summed E-state index contributed by atoms with van der Waals surface area (Å²) in [6.07, 6.45) is 10.0. The van der Waals surface area contributed by atoms with Gasteiger partial charge in [0, 0.05) is 38.7 Å². The van der Waals surface area contributed by atoms with Gasteiger partial charge in [-0.3, -0.25) is 9.59 Å². The third-order valence-electron chi connectivity index (χ3n) is 6.49. The molecule has 1 heterocycles. The fraction of sp³-hybridized carbons (Fsp3) is 0.571. The van der Waals surface area contributed by atoms with Gasteiger partial charge in [0.05, 0.1) is 5.56 Å². The van der Waals surface area contributed by atoms with Crippen molar-refractivity contribution in [2.45, 2.75) is 79.6 Å². The molecule has 2 amide bonds. The highest BCUT2D eigenvalue weighted by Crippen LogP contribution is 2.36. The molecule has 6 heteroatoms. The molecule has 1 fully saturated rings. The van der Waals surface area contributed by atoms with Gasteiger partial charge in [-0.05, 0) is 64.5 Å². The molecule has 2 rings (SSSR count). The standard InChI is InChI=1S/C28H42N2O4/c1-6-7-8-12-23-19-25(32)24(14-13-21(4)11-9-10-20(2)3)27(33)26(23)28(34)30-17-15-29(16-18-30)22(5)31/h10,13,19,32-33H,6-9,11-12,14-18H2,1-5H3/b21-13+. The molecule has 1 aromatic rings. The molecule has 1 saturated heterocycles. The number of piperazine rings is 1. The first kappa shape index (κ1) is 27.5. The maximum absolute atomic E-state index is 13.5. The molecular formula is C28H42N2O4. The van der Waals surface area contributed by atoms with E-state index >= 15 is 0 Å². The maximum atomic E-state index is 13.5. The van der Waals surface area contributed by atoms with Crippen LogP contribution in [0.2, 0.25) is 0 Å². The molecule has 0 unspecified atom stereocenters. The van der Waals surface area contributed by atoms with Gasteiger partial charge in [0.15, 0.2) is 0 Å². The molecule has 1 aliphatic rings. The number of phenols is 2. The minimum Gasteiger partial charge on any atom is -0.508 e. The van der Waals surface area contributed by atoms with Crippen molar-refractivity contribution in [3.8, 4) is 11.5 Å². The number of benzene rings is 1. The predicted molar refractivity (Wildman–Crippen MR) is 137 cm³/mol. The topological polar surface area (TPSA) is 81.1 Å². The second kappa shape index (κ2) is 13.2. The Balaban J connectivity index is 2.31. The largest absolute Gasteiger partial charge is 0.508 e. The number of hydrogen-bond donors (Lipinski definition) is 2. The van der Waals surface area contributed by atoms with Crippen LogP contribution in [0.5, 0.6) is 11.5 Å². The van der Waals surface area contributed by atoms with E-state index in [9.17, 15) is 19.8 Å². The minimum absolute atomic E-state index is 0.00821. The third-order valence-corrected chi connectivity index (χ3v) is 6.49. The van der Waals surface area contributed by atoms with Gasteiger partial charge in [0.1, 0.15) is 11.5 Å². The quantitative estimate of drug-likeness (QED) is 0.356. The highest BCUT2D eigenvalue weighted by molar-refractivity contribution is 5.99. The lowest BCUT2D eigenvalue weighted by Crippen LogP contribution is -2.50. The molecule has 2 N–H and O–H groups in total. The zero-order valence-electron chi connectivity index (χ0n) is 21.6. The number of hydrogen-bond acceptors (Lipinski definition) is 4. The second-order valence-corrected chi connectivity index (χ2v) is 9.59. The SMILES string of the molecule is CCCCCc1cc(O)c(C/C=C(\C)CCC=C(C)C)c(O)c1C(=O)N1CCN(C(C)=O)CC1.